The highest BCUT2D eigenvalue weighted by molar-refractivity contribution is 5.91. The third kappa shape index (κ3) is 7.20. The molecule has 4 rings (SSSR count). The summed E-state index contributed by atoms with van der Waals surface area (Å²) in [4.78, 5) is 21.2. The molecule has 0 amide bonds. The Hall–Kier alpha value is -3.09. The molecule has 0 aliphatic carbocycles. The molecular weight excluding hydrogens is 428 g/mol. The van der Waals surface area contributed by atoms with Crippen LogP contribution in [0.25, 0.3) is 11.4 Å². The summed E-state index contributed by atoms with van der Waals surface area (Å²) in [6.07, 6.45) is 11.5. The molecule has 2 aromatic carbocycles. The molecule has 3 aromatic rings. The third-order valence-electron chi connectivity index (χ3n) is 5.89. The van der Waals surface area contributed by atoms with Gasteiger partial charge in [-0.15, -0.1) is 0 Å². The smallest absolute Gasteiger partial charge is 0.343 e. The van der Waals surface area contributed by atoms with E-state index >= 15 is 0 Å². The number of nitrogens with zero attached hydrogens (tertiary/aromatic N) is 2. The molecule has 2 unspecified atom stereocenters. The molecule has 2 heterocycles. The number of hydrogen-bond donors (Lipinski definition) is 0. The number of rotatable bonds is 10. The lowest BCUT2D eigenvalue weighted by Gasteiger charge is -2.26. The number of benzene rings is 2. The van der Waals surface area contributed by atoms with Gasteiger partial charge in [-0.25, -0.2) is 14.8 Å². The topological polar surface area (TPSA) is 70.5 Å². The van der Waals surface area contributed by atoms with E-state index in [1.54, 1.807) is 24.3 Å². The molecule has 6 heteroatoms. The Morgan fingerprint density at radius 2 is 1.79 bits per heavy atom. The fraction of sp³-hybridized carbons (Fsp3) is 0.393. The maximum Gasteiger partial charge on any atom is 0.343 e. The molecule has 6 nitrogen and oxygen atoms in total. The van der Waals surface area contributed by atoms with Crippen LogP contribution in [-0.4, -0.2) is 34.9 Å². The number of aryl methyl sites for hydroxylation is 1. The Morgan fingerprint density at radius 3 is 2.50 bits per heavy atom. The van der Waals surface area contributed by atoms with Gasteiger partial charge < -0.3 is 14.2 Å². The summed E-state index contributed by atoms with van der Waals surface area (Å²) in [6, 6.07) is 16.2. The Kier molecular flexibility index (Phi) is 8.77. The normalized spacial score (nSPS) is 16.7. The molecule has 1 aliphatic rings. The average Bonchev–Trinajstić information content (AvgIpc) is 2.88. The number of ether oxygens (including phenoxy) is 3. The highest BCUT2D eigenvalue weighted by Gasteiger charge is 2.17. The molecule has 2 atom stereocenters. The van der Waals surface area contributed by atoms with Crippen LogP contribution in [-0.2, 0) is 15.9 Å². The second-order valence-corrected chi connectivity index (χ2v) is 8.68. The molecule has 1 fully saturated rings. The first kappa shape index (κ1) is 24.0. The van der Waals surface area contributed by atoms with Crippen LogP contribution < -0.4 is 4.74 Å². The van der Waals surface area contributed by atoms with Crippen LogP contribution in [0.15, 0.2) is 67.0 Å². The van der Waals surface area contributed by atoms with Crippen molar-refractivity contribution in [2.24, 2.45) is 0 Å². The SMILES string of the molecule is CC(CCCCc1cnc(-c2ccc(OC(=O)c3ccccc3)cc2)nc1)OC1CCCCO1. The van der Waals surface area contributed by atoms with E-state index in [1.165, 1.54) is 6.42 Å². The summed E-state index contributed by atoms with van der Waals surface area (Å²) in [6.45, 7) is 2.95. The van der Waals surface area contributed by atoms with Gasteiger partial charge >= 0.3 is 5.97 Å². The Labute approximate surface area is 201 Å². The van der Waals surface area contributed by atoms with Crippen molar-refractivity contribution in [1.29, 1.82) is 0 Å². The maximum absolute atomic E-state index is 12.2. The monoisotopic (exact) mass is 460 g/mol. The largest absolute Gasteiger partial charge is 0.423 e. The molecule has 0 radical (unpaired) electrons. The van der Waals surface area contributed by atoms with Crippen molar-refractivity contribution in [3.8, 4) is 17.1 Å². The second-order valence-electron chi connectivity index (χ2n) is 8.68. The van der Waals surface area contributed by atoms with Crippen LogP contribution in [0, 0.1) is 0 Å². The van der Waals surface area contributed by atoms with E-state index in [4.69, 9.17) is 14.2 Å². The van der Waals surface area contributed by atoms with E-state index in [0.717, 1.165) is 56.3 Å². The lowest BCUT2D eigenvalue weighted by atomic mass is 10.1. The molecular formula is C28H32N2O4. The predicted octanol–water partition coefficient (Wildman–Crippen LogP) is 6.01. The zero-order valence-electron chi connectivity index (χ0n) is 19.7. The van der Waals surface area contributed by atoms with Crippen LogP contribution in [0.5, 0.6) is 5.75 Å². The van der Waals surface area contributed by atoms with E-state index in [1.807, 2.05) is 42.7 Å². The molecule has 0 bridgehead atoms. The molecule has 1 aliphatic heterocycles. The van der Waals surface area contributed by atoms with E-state index in [-0.39, 0.29) is 18.4 Å². The minimum Gasteiger partial charge on any atom is -0.423 e. The molecule has 1 aromatic heterocycles. The fourth-order valence-corrected chi connectivity index (χ4v) is 3.95. The quantitative estimate of drug-likeness (QED) is 0.210. The highest BCUT2D eigenvalue weighted by Crippen LogP contribution is 2.21. The van der Waals surface area contributed by atoms with Gasteiger partial charge in [0.25, 0.3) is 0 Å². The Morgan fingerprint density at radius 1 is 1.03 bits per heavy atom. The number of carbonyl (C=O) groups is 1. The van der Waals surface area contributed by atoms with Crippen molar-refractivity contribution in [1.82, 2.24) is 9.97 Å². The van der Waals surface area contributed by atoms with Gasteiger partial charge in [-0.2, -0.15) is 0 Å². The van der Waals surface area contributed by atoms with Crippen molar-refractivity contribution in [2.45, 2.75) is 64.3 Å². The molecule has 0 N–H and O–H groups in total. The van der Waals surface area contributed by atoms with Gasteiger partial charge in [0, 0.05) is 24.6 Å². The highest BCUT2D eigenvalue weighted by atomic mass is 16.7. The minimum absolute atomic E-state index is 0.0188. The maximum atomic E-state index is 12.2. The lowest BCUT2D eigenvalue weighted by Crippen LogP contribution is -2.26. The van der Waals surface area contributed by atoms with Crippen molar-refractivity contribution in [2.75, 3.05) is 6.61 Å². The van der Waals surface area contributed by atoms with Gasteiger partial charge in [0.1, 0.15) is 5.75 Å². The molecule has 178 valence electrons. The molecule has 0 spiro atoms. The van der Waals surface area contributed by atoms with Crippen molar-refractivity contribution in [3.63, 3.8) is 0 Å². The number of hydrogen-bond acceptors (Lipinski definition) is 6. The number of esters is 1. The van der Waals surface area contributed by atoms with Gasteiger partial charge in [-0.1, -0.05) is 24.6 Å². The third-order valence-corrected chi connectivity index (χ3v) is 5.89. The van der Waals surface area contributed by atoms with E-state index in [2.05, 4.69) is 16.9 Å². The first-order chi connectivity index (χ1) is 16.7. The van der Waals surface area contributed by atoms with Gasteiger partial charge in [0.05, 0.1) is 11.7 Å². The summed E-state index contributed by atoms with van der Waals surface area (Å²) in [5, 5.41) is 0. The second kappa shape index (κ2) is 12.4. The predicted molar refractivity (Wildman–Crippen MR) is 131 cm³/mol. The number of carbonyl (C=O) groups excluding carboxylic acids is 1. The van der Waals surface area contributed by atoms with Crippen molar-refractivity contribution < 1.29 is 19.0 Å². The van der Waals surface area contributed by atoms with Gasteiger partial charge in [-0.05, 0) is 87.4 Å². The van der Waals surface area contributed by atoms with E-state index in [9.17, 15) is 4.79 Å². The summed E-state index contributed by atoms with van der Waals surface area (Å²) < 4.78 is 17.1. The van der Waals surface area contributed by atoms with E-state index < -0.39 is 0 Å². The summed E-state index contributed by atoms with van der Waals surface area (Å²) in [7, 11) is 0. The Balaban J connectivity index is 1.20. The molecule has 34 heavy (non-hydrogen) atoms. The van der Waals surface area contributed by atoms with Crippen LogP contribution in [0.3, 0.4) is 0 Å². The zero-order chi connectivity index (χ0) is 23.6. The standard InChI is InChI=1S/C28H32N2O4/c1-21(33-26-13-7-8-18-32-26)9-5-6-10-22-19-29-27(30-20-22)23-14-16-25(17-15-23)34-28(31)24-11-3-2-4-12-24/h2-4,11-12,14-17,19-21,26H,5-10,13,18H2,1H3. The Bertz CT molecular complexity index is 1020. The lowest BCUT2D eigenvalue weighted by molar-refractivity contribution is -0.185. The summed E-state index contributed by atoms with van der Waals surface area (Å²) >= 11 is 0. The van der Waals surface area contributed by atoms with Crippen molar-refractivity contribution >= 4 is 5.97 Å². The van der Waals surface area contributed by atoms with Crippen molar-refractivity contribution in [3.05, 3.63) is 78.1 Å². The summed E-state index contributed by atoms with van der Waals surface area (Å²) in [5.74, 6) is 0.763. The minimum atomic E-state index is -0.378. The van der Waals surface area contributed by atoms with Gasteiger partial charge in [0.15, 0.2) is 12.1 Å². The fourth-order valence-electron chi connectivity index (χ4n) is 3.95. The summed E-state index contributed by atoms with van der Waals surface area (Å²) in [5.41, 5.74) is 2.52. The van der Waals surface area contributed by atoms with Gasteiger partial charge in [-0.3, -0.25) is 0 Å². The number of aromatic nitrogens is 2. The zero-order valence-corrected chi connectivity index (χ0v) is 19.7. The van der Waals surface area contributed by atoms with E-state index in [0.29, 0.717) is 17.1 Å². The van der Waals surface area contributed by atoms with Crippen LogP contribution in [0.2, 0.25) is 0 Å². The van der Waals surface area contributed by atoms with Crippen LogP contribution >= 0.6 is 0 Å². The first-order valence-corrected chi connectivity index (χ1v) is 12.1. The molecule has 0 saturated carbocycles. The van der Waals surface area contributed by atoms with Gasteiger partial charge in [0.2, 0.25) is 0 Å². The van der Waals surface area contributed by atoms with Crippen LogP contribution in [0.1, 0.15) is 61.4 Å². The van der Waals surface area contributed by atoms with Crippen LogP contribution in [0.4, 0.5) is 0 Å². The first-order valence-electron chi connectivity index (χ1n) is 12.1. The number of unbranched alkanes of at least 4 members (excludes halogenated alkanes) is 1. The molecule has 1 saturated heterocycles. The average molecular weight is 461 g/mol.